The number of fused-ring (bicyclic) bond motifs is 1. The second kappa shape index (κ2) is 6.84. The standard InChI is InChI=1S/C18H25ClN2O/c1-12-10-17(20-13(2)6-5-9-18(3,4)22)21-16-11-14(19)7-8-15(12)16/h7-8,10-11,13,22H,5-6,9H2,1-4H3,(H,20,21). The van der Waals surface area contributed by atoms with Gasteiger partial charge in [0.25, 0.3) is 0 Å². The van der Waals surface area contributed by atoms with Gasteiger partial charge in [-0.25, -0.2) is 4.98 Å². The van der Waals surface area contributed by atoms with Crippen molar-refractivity contribution in [1.29, 1.82) is 0 Å². The molecule has 0 aliphatic carbocycles. The first-order valence-corrected chi connectivity index (χ1v) is 8.18. The molecule has 0 saturated carbocycles. The van der Waals surface area contributed by atoms with Crippen molar-refractivity contribution in [2.24, 2.45) is 0 Å². The van der Waals surface area contributed by atoms with Crippen molar-refractivity contribution in [3.8, 4) is 0 Å². The van der Waals surface area contributed by atoms with Crippen LogP contribution in [0.25, 0.3) is 10.9 Å². The molecule has 1 aromatic carbocycles. The smallest absolute Gasteiger partial charge is 0.127 e. The van der Waals surface area contributed by atoms with E-state index in [2.05, 4.69) is 30.2 Å². The van der Waals surface area contributed by atoms with Crippen LogP contribution in [0.15, 0.2) is 24.3 Å². The molecule has 0 radical (unpaired) electrons. The van der Waals surface area contributed by atoms with Crippen LogP contribution in [-0.4, -0.2) is 21.7 Å². The van der Waals surface area contributed by atoms with Crippen LogP contribution in [0.4, 0.5) is 5.82 Å². The van der Waals surface area contributed by atoms with Crippen molar-refractivity contribution in [1.82, 2.24) is 4.98 Å². The van der Waals surface area contributed by atoms with Gasteiger partial charge in [0, 0.05) is 16.5 Å². The maximum Gasteiger partial charge on any atom is 0.127 e. The minimum Gasteiger partial charge on any atom is -0.390 e. The molecule has 2 rings (SSSR count). The number of aryl methyl sites for hydroxylation is 1. The molecule has 0 bridgehead atoms. The summed E-state index contributed by atoms with van der Waals surface area (Å²) in [5, 5.41) is 15.0. The maximum atomic E-state index is 9.76. The highest BCUT2D eigenvalue weighted by Crippen LogP contribution is 2.24. The molecule has 0 spiro atoms. The number of anilines is 1. The zero-order valence-electron chi connectivity index (χ0n) is 13.8. The quantitative estimate of drug-likeness (QED) is 0.792. The molecule has 2 N–H and O–H groups in total. The predicted octanol–water partition coefficient (Wildman–Crippen LogP) is 4.94. The van der Waals surface area contributed by atoms with Crippen LogP contribution in [0.5, 0.6) is 0 Å². The fourth-order valence-electron chi connectivity index (χ4n) is 2.62. The summed E-state index contributed by atoms with van der Waals surface area (Å²) in [5.74, 6) is 0.878. The predicted molar refractivity (Wildman–Crippen MR) is 94.7 cm³/mol. The highest BCUT2D eigenvalue weighted by atomic mass is 35.5. The number of aromatic nitrogens is 1. The summed E-state index contributed by atoms with van der Waals surface area (Å²) < 4.78 is 0. The SMILES string of the molecule is Cc1cc(NC(C)CCCC(C)(C)O)nc2cc(Cl)ccc12. The van der Waals surface area contributed by atoms with E-state index in [1.165, 1.54) is 5.56 Å². The molecule has 0 aliphatic rings. The van der Waals surface area contributed by atoms with Gasteiger partial charge in [0.15, 0.2) is 0 Å². The van der Waals surface area contributed by atoms with Gasteiger partial charge in [-0.1, -0.05) is 17.7 Å². The van der Waals surface area contributed by atoms with Crippen LogP contribution in [0, 0.1) is 6.92 Å². The third-order valence-corrected chi connectivity index (χ3v) is 4.03. The number of aliphatic hydroxyl groups is 1. The lowest BCUT2D eigenvalue weighted by Crippen LogP contribution is -2.21. The number of pyridine rings is 1. The fourth-order valence-corrected chi connectivity index (χ4v) is 2.78. The van der Waals surface area contributed by atoms with Gasteiger partial charge in [-0.3, -0.25) is 0 Å². The Balaban J connectivity index is 2.05. The Kier molecular flexibility index (Phi) is 5.30. The van der Waals surface area contributed by atoms with Gasteiger partial charge >= 0.3 is 0 Å². The fraction of sp³-hybridized carbons (Fsp3) is 0.500. The minimum atomic E-state index is -0.589. The molecule has 120 valence electrons. The second-order valence-electron chi connectivity index (χ2n) is 6.74. The zero-order chi connectivity index (χ0) is 16.3. The van der Waals surface area contributed by atoms with Crippen molar-refractivity contribution >= 4 is 28.3 Å². The summed E-state index contributed by atoms with van der Waals surface area (Å²) in [4.78, 5) is 4.65. The number of hydrogen-bond acceptors (Lipinski definition) is 3. The number of nitrogens with zero attached hydrogens (tertiary/aromatic N) is 1. The summed E-state index contributed by atoms with van der Waals surface area (Å²) in [5.41, 5.74) is 1.51. The van der Waals surface area contributed by atoms with E-state index >= 15 is 0 Å². The van der Waals surface area contributed by atoms with Gasteiger partial charge < -0.3 is 10.4 Å². The van der Waals surface area contributed by atoms with Gasteiger partial charge in [0.05, 0.1) is 11.1 Å². The minimum absolute atomic E-state index is 0.311. The summed E-state index contributed by atoms with van der Waals surface area (Å²) in [7, 11) is 0. The Morgan fingerprint density at radius 1 is 1.32 bits per heavy atom. The van der Waals surface area contributed by atoms with Gasteiger partial charge in [0.1, 0.15) is 5.82 Å². The Morgan fingerprint density at radius 3 is 2.73 bits per heavy atom. The second-order valence-corrected chi connectivity index (χ2v) is 7.17. The summed E-state index contributed by atoms with van der Waals surface area (Å²) in [6, 6.07) is 8.18. The molecular formula is C18H25ClN2O. The first-order chi connectivity index (χ1) is 10.2. The van der Waals surface area contributed by atoms with E-state index in [0.29, 0.717) is 11.1 Å². The molecule has 3 nitrogen and oxygen atoms in total. The topological polar surface area (TPSA) is 45.1 Å². The number of rotatable bonds is 6. The van der Waals surface area contributed by atoms with Crippen LogP contribution in [0.3, 0.4) is 0 Å². The number of benzene rings is 1. The molecule has 1 aromatic heterocycles. The van der Waals surface area contributed by atoms with Crippen LogP contribution in [0.1, 0.15) is 45.6 Å². The molecule has 0 fully saturated rings. The van der Waals surface area contributed by atoms with Gasteiger partial charge in [-0.05, 0) is 70.7 Å². The van der Waals surface area contributed by atoms with Gasteiger partial charge in [-0.15, -0.1) is 0 Å². The monoisotopic (exact) mass is 320 g/mol. The average Bonchev–Trinajstić information content (AvgIpc) is 2.36. The van der Waals surface area contributed by atoms with Crippen molar-refractivity contribution < 1.29 is 5.11 Å². The van der Waals surface area contributed by atoms with Crippen molar-refractivity contribution in [3.63, 3.8) is 0 Å². The maximum absolute atomic E-state index is 9.76. The molecule has 4 heteroatoms. The third kappa shape index (κ3) is 4.85. The van der Waals surface area contributed by atoms with Gasteiger partial charge in [0.2, 0.25) is 0 Å². The average molecular weight is 321 g/mol. The molecule has 0 saturated heterocycles. The van der Waals surface area contributed by atoms with E-state index in [0.717, 1.165) is 36.0 Å². The van der Waals surface area contributed by atoms with Crippen LogP contribution >= 0.6 is 11.6 Å². The highest BCUT2D eigenvalue weighted by Gasteiger charge is 2.13. The zero-order valence-corrected chi connectivity index (χ0v) is 14.5. The Morgan fingerprint density at radius 2 is 2.05 bits per heavy atom. The summed E-state index contributed by atoms with van der Waals surface area (Å²) in [6.45, 7) is 7.93. The lowest BCUT2D eigenvalue weighted by molar-refractivity contribution is 0.0680. The summed E-state index contributed by atoms with van der Waals surface area (Å²) in [6.07, 6.45) is 2.78. The largest absolute Gasteiger partial charge is 0.390 e. The Bertz CT molecular complexity index is 649. The Labute approximate surface area is 137 Å². The normalized spacial score (nSPS) is 13.4. The van der Waals surface area contributed by atoms with E-state index in [4.69, 9.17) is 11.6 Å². The van der Waals surface area contributed by atoms with E-state index in [-0.39, 0.29) is 0 Å². The number of halogens is 1. The highest BCUT2D eigenvalue weighted by molar-refractivity contribution is 6.31. The third-order valence-electron chi connectivity index (χ3n) is 3.80. The molecular weight excluding hydrogens is 296 g/mol. The van der Waals surface area contributed by atoms with Crippen LogP contribution < -0.4 is 5.32 Å². The first-order valence-electron chi connectivity index (χ1n) is 7.80. The van der Waals surface area contributed by atoms with Crippen molar-refractivity contribution in [2.45, 2.75) is 58.6 Å². The van der Waals surface area contributed by atoms with E-state index in [9.17, 15) is 5.11 Å². The molecule has 1 heterocycles. The van der Waals surface area contributed by atoms with Crippen molar-refractivity contribution in [2.75, 3.05) is 5.32 Å². The van der Waals surface area contributed by atoms with E-state index in [1.54, 1.807) is 0 Å². The summed E-state index contributed by atoms with van der Waals surface area (Å²) >= 11 is 6.06. The van der Waals surface area contributed by atoms with Crippen LogP contribution in [0.2, 0.25) is 5.02 Å². The molecule has 1 atom stereocenters. The van der Waals surface area contributed by atoms with Gasteiger partial charge in [-0.2, -0.15) is 0 Å². The van der Waals surface area contributed by atoms with E-state index < -0.39 is 5.60 Å². The molecule has 0 amide bonds. The lowest BCUT2D eigenvalue weighted by Gasteiger charge is -2.19. The molecule has 22 heavy (non-hydrogen) atoms. The lowest BCUT2D eigenvalue weighted by atomic mass is 10.00. The van der Waals surface area contributed by atoms with Crippen LogP contribution in [-0.2, 0) is 0 Å². The number of hydrogen-bond donors (Lipinski definition) is 2. The molecule has 0 aliphatic heterocycles. The van der Waals surface area contributed by atoms with E-state index in [1.807, 2.05) is 32.0 Å². The Hall–Kier alpha value is -1.32. The molecule has 2 aromatic rings. The molecule has 1 unspecified atom stereocenters. The first kappa shape index (κ1) is 17.0. The van der Waals surface area contributed by atoms with Crippen molar-refractivity contribution in [3.05, 3.63) is 34.9 Å². The number of nitrogens with one attached hydrogen (secondary N) is 1.